The number of cyclic esters (lactones) is 2. The van der Waals surface area contributed by atoms with Crippen molar-refractivity contribution in [3.63, 3.8) is 0 Å². The summed E-state index contributed by atoms with van der Waals surface area (Å²) in [6, 6.07) is 6.46. The predicted molar refractivity (Wildman–Crippen MR) is 93.9 cm³/mol. The van der Waals surface area contributed by atoms with Crippen molar-refractivity contribution in [2.75, 3.05) is 10.6 Å². The number of aromatic nitrogens is 2. The molecule has 0 radical (unpaired) electrons. The molecule has 0 aromatic carbocycles. The lowest BCUT2D eigenvalue weighted by molar-refractivity contribution is -0.137. The van der Waals surface area contributed by atoms with Gasteiger partial charge < -0.3 is 15.6 Å². The third kappa shape index (κ3) is 5.26. The Labute approximate surface area is 152 Å². The molecule has 0 spiro atoms. The quantitative estimate of drug-likeness (QED) is 0.294. The van der Waals surface area contributed by atoms with Crippen molar-refractivity contribution in [3.05, 3.63) is 53.6 Å². The summed E-state index contributed by atoms with van der Waals surface area (Å²) in [5.41, 5.74) is 6.26. The molecule has 3 N–H and O–H groups in total. The van der Waals surface area contributed by atoms with Crippen LogP contribution in [0, 0.1) is 0 Å². The lowest BCUT2D eigenvalue weighted by Gasteiger charge is -2.11. The molecular formula is C15H14IN3O5. The molecule has 1 aliphatic heterocycles. The van der Waals surface area contributed by atoms with E-state index >= 15 is 0 Å². The smallest absolute Gasteiger partial charge is 0.364 e. The molecule has 0 atom stereocenters. The number of nitrogen functional groups attached to an aromatic ring is 1. The van der Waals surface area contributed by atoms with E-state index in [1.165, 1.54) is 18.5 Å². The second-order valence-electron chi connectivity index (χ2n) is 4.20. The minimum Gasteiger partial charge on any atom is -0.476 e. The zero-order chi connectivity index (χ0) is 18.8. The van der Waals surface area contributed by atoms with E-state index in [2.05, 4.69) is 14.7 Å². The second kappa shape index (κ2) is 9.55. The fraction of sp³-hybridized carbons (Fsp3) is 0.133. The first-order valence-corrected chi connectivity index (χ1v) is 7.91. The lowest BCUT2D eigenvalue weighted by Crippen LogP contribution is -2.23. The number of ether oxygens (including phenoxy) is 1. The highest BCUT2D eigenvalue weighted by atomic mass is 127. The van der Waals surface area contributed by atoms with Gasteiger partial charge in [-0.15, -0.1) is 0 Å². The van der Waals surface area contributed by atoms with Crippen LogP contribution in [0.15, 0.2) is 36.7 Å². The highest BCUT2D eigenvalue weighted by Crippen LogP contribution is 2.13. The fourth-order valence-corrected chi connectivity index (χ4v) is 1.70. The van der Waals surface area contributed by atoms with Crippen LogP contribution in [0.3, 0.4) is 0 Å². The number of pyridine rings is 2. The van der Waals surface area contributed by atoms with Crippen molar-refractivity contribution in [1.82, 2.24) is 9.97 Å². The number of alkyl halides is 1. The Morgan fingerprint density at radius 3 is 2.54 bits per heavy atom. The first-order chi connectivity index (χ1) is 11.9. The van der Waals surface area contributed by atoms with Crippen LogP contribution < -0.4 is 5.73 Å². The Kier molecular flexibility index (Phi) is 7.08. The first kappa shape index (κ1) is 17.8. The summed E-state index contributed by atoms with van der Waals surface area (Å²) in [4.78, 5) is 39.9. The molecule has 126 valence electrons. The molecule has 24 heavy (non-hydrogen) atoms. The van der Waals surface area contributed by atoms with Gasteiger partial charge in [-0.3, -0.25) is 4.79 Å². The average Bonchev–Trinajstić information content (AvgIpc) is 2.56. The number of nitrogens with zero attached hydrogens (tertiary/aromatic N) is 2. The number of carboxylic acid groups (broad SMARTS) is 1. The van der Waals surface area contributed by atoms with E-state index in [0.717, 1.165) is 0 Å². The van der Waals surface area contributed by atoms with E-state index in [-0.39, 0.29) is 23.5 Å². The minimum absolute atomic E-state index is 0.0949. The molecule has 0 unspecified atom stereocenters. The normalized spacial score (nSPS) is 12.3. The number of carboxylic acids is 1. The Hall–Kier alpha value is -2.56. The Morgan fingerprint density at radius 2 is 1.96 bits per heavy atom. The van der Waals surface area contributed by atoms with Crippen LogP contribution in [0.2, 0.25) is 0 Å². The highest BCUT2D eigenvalue weighted by Gasteiger charge is 2.25. The van der Waals surface area contributed by atoms with Gasteiger partial charge in [0.2, 0.25) is 0 Å². The van der Waals surface area contributed by atoms with E-state index in [1.54, 1.807) is 18.2 Å². The molecule has 8 nitrogen and oxygen atoms in total. The second-order valence-corrected chi connectivity index (χ2v) is 4.20. The molecule has 9 heteroatoms. The maximum atomic E-state index is 11.0. The largest absolute Gasteiger partial charge is 0.476 e. The molecule has 3 heterocycles. The molecule has 2 aromatic rings. The summed E-state index contributed by atoms with van der Waals surface area (Å²) in [7, 11) is 0. The summed E-state index contributed by atoms with van der Waals surface area (Å²) in [5.74, 6) is -2.26. The average molecular weight is 444 g/mol. The monoisotopic (exact) mass is 444 g/mol. The Bertz CT molecular complexity index is 772. The van der Waals surface area contributed by atoms with Crippen LogP contribution in [-0.2, 0) is 16.0 Å². The number of nitrogens with two attached hydrogens (primary N) is 1. The topological polar surface area (TPSA) is 132 Å². The summed E-state index contributed by atoms with van der Waals surface area (Å²) in [6.45, 7) is 0. The van der Waals surface area contributed by atoms with Crippen molar-refractivity contribution >= 4 is 46.2 Å². The number of aromatic carboxylic acids is 1. The molecule has 0 fully saturated rings. The van der Waals surface area contributed by atoms with E-state index in [0.29, 0.717) is 10.5 Å². The van der Waals surface area contributed by atoms with Gasteiger partial charge in [0.1, 0.15) is 0 Å². The van der Waals surface area contributed by atoms with E-state index < -0.39 is 17.9 Å². The summed E-state index contributed by atoms with van der Waals surface area (Å²) in [6.07, 6.45) is 3.02. The van der Waals surface area contributed by atoms with Crippen molar-refractivity contribution < 1.29 is 25.6 Å². The number of anilines is 1. The van der Waals surface area contributed by atoms with Gasteiger partial charge in [0, 0.05) is 13.8 Å². The summed E-state index contributed by atoms with van der Waals surface area (Å²) < 4.78 is 10.6. The number of carbonyl (C=O) groups is 3. The first-order valence-electron chi connectivity index (χ1n) is 7.09. The SMILES string of the molecule is Nc1cccnc1C(=O)O.O=C1Cc2cccnc2C(=O)O1.[2H]CI. The zero-order valence-corrected chi connectivity index (χ0v) is 14.5. The van der Waals surface area contributed by atoms with Gasteiger partial charge in [-0.05, 0) is 28.7 Å². The number of esters is 2. The van der Waals surface area contributed by atoms with Crippen molar-refractivity contribution in [2.24, 2.45) is 0 Å². The van der Waals surface area contributed by atoms with Crippen molar-refractivity contribution in [3.8, 4) is 0 Å². The molecule has 2 aromatic heterocycles. The predicted octanol–water partition coefficient (Wildman–Crippen LogP) is 1.73. The zero-order valence-electron chi connectivity index (χ0n) is 13.3. The van der Waals surface area contributed by atoms with Gasteiger partial charge >= 0.3 is 17.9 Å². The number of carbonyl (C=O) groups excluding carboxylic acids is 2. The van der Waals surface area contributed by atoms with Crippen LogP contribution in [0.25, 0.3) is 0 Å². The maximum absolute atomic E-state index is 11.0. The summed E-state index contributed by atoms with van der Waals surface area (Å²) >= 11 is 1.96. The number of halogens is 1. The van der Waals surface area contributed by atoms with Crippen LogP contribution >= 0.6 is 22.6 Å². The molecule has 0 amide bonds. The van der Waals surface area contributed by atoms with Gasteiger partial charge in [-0.1, -0.05) is 28.7 Å². The Morgan fingerprint density at radius 1 is 1.33 bits per heavy atom. The number of fused-ring (bicyclic) bond motifs is 1. The minimum atomic E-state index is -1.10. The number of rotatable bonds is 1. The lowest BCUT2D eigenvalue weighted by atomic mass is 10.1. The van der Waals surface area contributed by atoms with E-state index in [1.807, 2.05) is 22.6 Å². The molecule has 0 bridgehead atoms. The van der Waals surface area contributed by atoms with Gasteiger partial charge in [0.25, 0.3) is 0 Å². The number of hydrogen-bond acceptors (Lipinski definition) is 7. The third-order valence-corrected chi connectivity index (χ3v) is 2.67. The van der Waals surface area contributed by atoms with E-state index in [9.17, 15) is 14.4 Å². The molecule has 0 saturated heterocycles. The number of hydrogen-bond donors (Lipinski definition) is 2. The molecule has 0 saturated carbocycles. The van der Waals surface area contributed by atoms with Gasteiger partial charge in [-0.25, -0.2) is 19.6 Å². The molecule has 1 aliphatic rings. The van der Waals surface area contributed by atoms with Crippen LogP contribution in [0.5, 0.6) is 0 Å². The van der Waals surface area contributed by atoms with Crippen LogP contribution in [-0.4, -0.2) is 37.9 Å². The summed E-state index contributed by atoms with van der Waals surface area (Å²) in [5, 5.41) is 8.42. The maximum Gasteiger partial charge on any atom is 0.364 e. The van der Waals surface area contributed by atoms with Crippen LogP contribution in [0.1, 0.15) is 27.9 Å². The molecular weight excluding hydrogens is 429 g/mol. The van der Waals surface area contributed by atoms with E-state index in [4.69, 9.17) is 12.2 Å². The standard InChI is InChI=1S/C8H5NO3.C6H6N2O2.CH3I/c10-6-4-5-2-1-3-9-7(5)8(11)12-6;7-4-2-1-3-8-5(4)6(9)10;1-2/h1-3H,4H2;1-3H,7H2,(H,9,10);1H3/i;;1D. The molecule has 0 aliphatic carbocycles. The highest BCUT2D eigenvalue weighted by molar-refractivity contribution is 14.1. The van der Waals surface area contributed by atoms with Gasteiger partial charge in [-0.2, -0.15) is 0 Å². The molecule has 3 rings (SSSR count). The fourth-order valence-electron chi connectivity index (χ4n) is 1.70. The van der Waals surface area contributed by atoms with Gasteiger partial charge in [0.05, 0.1) is 12.1 Å². The van der Waals surface area contributed by atoms with Crippen molar-refractivity contribution in [1.29, 1.82) is 0 Å². The van der Waals surface area contributed by atoms with Gasteiger partial charge in [0.15, 0.2) is 11.4 Å². The van der Waals surface area contributed by atoms with Crippen molar-refractivity contribution in [2.45, 2.75) is 6.42 Å². The Balaban J connectivity index is 0.000000220. The third-order valence-electron chi connectivity index (χ3n) is 2.67. The van der Waals surface area contributed by atoms with Crippen LogP contribution in [0.4, 0.5) is 5.69 Å².